The Morgan fingerprint density at radius 2 is 1.50 bits per heavy atom. The number of fused-ring (bicyclic) bond motifs is 2. The van der Waals surface area contributed by atoms with Gasteiger partial charge in [-0.1, -0.05) is 33.3 Å². The maximum absolute atomic E-state index is 13.1. The van der Waals surface area contributed by atoms with E-state index in [2.05, 4.69) is 21.9 Å². The van der Waals surface area contributed by atoms with Crippen molar-refractivity contribution in [3.05, 3.63) is 36.4 Å². The van der Waals surface area contributed by atoms with E-state index in [1.807, 2.05) is 52.5 Å². The quantitative estimate of drug-likeness (QED) is 0.435. The molecule has 0 bridgehead atoms. The Labute approximate surface area is 190 Å². The molecule has 2 aromatic carbocycles. The summed E-state index contributed by atoms with van der Waals surface area (Å²) in [4.78, 5) is 20.9. The van der Waals surface area contributed by atoms with Crippen LogP contribution in [0.4, 0.5) is 27.5 Å². The van der Waals surface area contributed by atoms with Crippen LogP contribution in [0.2, 0.25) is 0 Å². The molecule has 1 heterocycles. The van der Waals surface area contributed by atoms with Crippen LogP contribution in [0.3, 0.4) is 0 Å². The Kier molecular flexibility index (Phi) is 8.10. The fourth-order valence-electron chi connectivity index (χ4n) is 2.92. The van der Waals surface area contributed by atoms with Crippen molar-refractivity contribution < 1.29 is 14.6 Å². The van der Waals surface area contributed by atoms with Crippen LogP contribution < -0.4 is 14.7 Å². The SMILES string of the molecule is CN(C)c1ccc2c(c1)Sc1cc(N(C)C)ccc1N2C(=O)OCCSSCCO. The molecule has 6 nitrogen and oxygen atoms in total. The normalized spacial score (nSPS) is 12.2. The van der Waals surface area contributed by atoms with Crippen molar-refractivity contribution in [3.63, 3.8) is 0 Å². The molecule has 0 atom stereocenters. The lowest BCUT2D eigenvalue weighted by Crippen LogP contribution is -2.30. The maximum atomic E-state index is 13.1. The Morgan fingerprint density at radius 1 is 0.967 bits per heavy atom. The minimum Gasteiger partial charge on any atom is -0.448 e. The van der Waals surface area contributed by atoms with Gasteiger partial charge in [0.05, 0.1) is 18.0 Å². The van der Waals surface area contributed by atoms with E-state index in [-0.39, 0.29) is 12.7 Å². The smallest absolute Gasteiger partial charge is 0.419 e. The first kappa shape index (κ1) is 23.0. The predicted molar refractivity (Wildman–Crippen MR) is 131 cm³/mol. The van der Waals surface area contributed by atoms with Crippen molar-refractivity contribution >= 4 is 62.2 Å². The summed E-state index contributed by atoms with van der Waals surface area (Å²) in [6.07, 6.45) is -0.374. The van der Waals surface area contributed by atoms with Crippen molar-refractivity contribution in [2.24, 2.45) is 0 Å². The summed E-state index contributed by atoms with van der Waals surface area (Å²) in [6.45, 7) is 0.474. The zero-order chi connectivity index (χ0) is 21.7. The average Bonchev–Trinajstić information content (AvgIpc) is 2.73. The topological polar surface area (TPSA) is 56.2 Å². The van der Waals surface area contributed by atoms with Crippen molar-refractivity contribution in [1.29, 1.82) is 0 Å². The summed E-state index contributed by atoms with van der Waals surface area (Å²) in [5, 5.41) is 8.84. The van der Waals surface area contributed by atoms with Gasteiger partial charge < -0.3 is 19.6 Å². The van der Waals surface area contributed by atoms with Crippen LogP contribution in [0.5, 0.6) is 0 Å². The van der Waals surface area contributed by atoms with Gasteiger partial charge in [-0.3, -0.25) is 0 Å². The molecule has 3 rings (SSSR count). The van der Waals surface area contributed by atoms with Crippen LogP contribution in [0, 0.1) is 0 Å². The monoisotopic (exact) mass is 465 g/mol. The van der Waals surface area contributed by atoms with Gasteiger partial charge >= 0.3 is 6.09 Å². The fourth-order valence-corrected chi connectivity index (χ4v) is 5.64. The Bertz CT molecular complexity index is 836. The van der Waals surface area contributed by atoms with Gasteiger partial charge in [0, 0.05) is 60.9 Å². The molecule has 9 heteroatoms. The number of hydrogen-bond donors (Lipinski definition) is 1. The number of ether oxygens (including phenoxy) is 1. The van der Waals surface area contributed by atoms with Crippen molar-refractivity contribution in [1.82, 2.24) is 0 Å². The molecule has 0 saturated heterocycles. The molecule has 0 fully saturated rings. The van der Waals surface area contributed by atoms with E-state index in [0.717, 1.165) is 32.5 Å². The number of anilines is 4. The molecule has 1 amide bonds. The van der Waals surface area contributed by atoms with E-state index in [0.29, 0.717) is 18.1 Å². The third kappa shape index (κ3) is 5.32. The molecule has 0 aliphatic carbocycles. The summed E-state index contributed by atoms with van der Waals surface area (Å²) < 4.78 is 5.59. The zero-order valence-corrected chi connectivity index (χ0v) is 20.1. The van der Waals surface area contributed by atoms with Crippen molar-refractivity contribution in [2.45, 2.75) is 9.79 Å². The highest BCUT2D eigenvalue weighted by Crippen LogP contribution is 2.50. The molecule has 30 heavy (non-hydrogen) atoms. The lowest BCUT2D eigenvalue weighted by Gasteiger charge is -2.32. The van der Waals surface area contributed by atoms with E-state index in [1.54, 1.807) is 38.2 Å². The van der Waals surface area contributed by atoms with Crippen LogP contribution in [0.1, 0.15) is 0 Å². The van der Waals surface area contributed by atoms with Gasteiger partial charge in [0.1, 0.15) is 6.61 Å². The molecule has 0 spiro atoms. The lowest BCUT2D eigenvalue weighted by atomic mass is 10.2. The molecule has 0 radical (unpaired) electrons. The van der Waals surface area contributed by atoms with E-state index < -0.39 is 0 Å². The third-order valence-corrected chi connectivity index (χ3v) is 7.90. The van der Waals surface area contributed by atoms with Gasteiger partial charge in [-0.25, -0.2) is 9.69 Å². The van der Waals surface area contributed by atoms with E-state index >= 15 is 0 Å². The number of aliphatic hydroxyl groups excluding tert-OH is 1. The molecule has 0 aromatic heterocycles. The van der Waals surface area contributed by atoms with Gasteiger partial charge in [0.15, 0.2) is 0 Å². The summed E-state index contributed by atoms with van der Waals surface area (Å²) in [6, 6.07) is 12.2. The van der Waals surface area contributed by atoms with Gasteiger partial charge in [-0.15, -0.1) is 0 Å². The van der Waals surface area contributed by atoms with Crippen LogP contribution in [0.25, 0.3) is 0 Å². The summed E-state index contributed by atoms with van der Waals surface area (Å²) in [7, 11) is 11.2. The van der Waals surface area contributed by atoms with Gasteiger partial charge in [0.25, 0.3) is 0 Å². The summed E-state index contributed by atoms with van der Waals surface area (Å²) >= 11 is 1.67. The van der Waals surface area contributed by atoms with Crippen molar-refractivity contribution in [2.75, 3.05) is 67.6 Å². The highest BCUT2D eigenvalue weighted by molar-refractivity contribution is 8.76. The molecule has 2 aromatic rings. The number of carbonyl (C=O) groups excluding carboxylic acids is 1. The molecule has 0 saturated carbocycles. The molecule has 1 aliphatic heterocycles. The first-order chi connectivity index (χ1) is 14.4. The highest BCUT2D eigenvalue weighted by atomic mass is 33.1. The first-order valence-electron chi connectivity index (χ1n) is 9.55. The Morgan fingerprint density at radius 3 is 2.00 bits per heavy atom. The Balaban J connectivity index is 1.87. The second-order valence-corrected chi connectivity index (χ2v) is 10.8. The van der Waals surface area contributed by atoms with Crippen molar-refractivity contribution in [3.8, 4) is 0 Å². The minimum absolute atomic E-state index is 0.153. The summed E-state index contributed by atoms with van der Waals surface area (Å²) in [5.41, 5.74) is 3.84. The standard InChI is InChI=1S/C21H27N3O3S3/c1-22(2)15-5-7-17-19(13-15)30-20-14-16(23(3)4)6-8-18(20)24(17)21(26)27-10-12-29-28-11-9-25/h5-8,13-14,25H,9-12H2,1-4H3. The number of aliphatic hydroxyl groups is 1. The molecule has 1 N–H and O–H groups in total. The predicted octanol–water partition coefficient (Wildman–Crippen LogP) is 4.93. The van der Waals surface area contributed by atoms with Crippen LogP contribution in [0.15, 0.2) is 46.2 Å². The second-order valence-electron chi connectivity index (χ2n) is 7.01. The minimum atomic E-state index is -0.374. The molecule has 0 unspecified atom stereocenters. The average molecular weight is 466 g/mol. The van der Waals surface area contributed by atoms with E-state index in [9.17, 15) is 4.79 Å². The van der Waals surface area contributed by atoms with Gasteiger partial charge in [0.2, 0.25) is 0 Å². The van der Waals surface area contributed by atoms with Crippen LogP contribution in [-0.4, -0.2) is 64.1 Å². The van der Waals surface area contributed by atoms with E-state index in [1.165, 1.54) is 0 Å². The largest absolute Gasteiger partial charge is 0.448 e. The summed E-state index contributed by atoms with van der Waals surface area (Å²) in [5.74, 6) is 1.35. The van der Waals surface area contributed by atoms with Crippen LogP contribution >= 0.6 is 33.3 Å². The van der Waals surface area contributed by atoms with Gasteiger partial charge in [-0.05, 0) is 36.4 Å². The number of amides is 1. The number of rotatable bonds is 8. The first-order valence-corrected chi connectivity index (χ1v) is 12.9. The molecular weight excluding hydrogens is 438 g/mol. The van der Waals surface area contributed by atoms with Crippen LogP contribution in [-0.2, 0) is 4.74 Å². The maximum Gasteiger partial charge on any atom is 0.419 e. The number of hydrogen-bond acceptors (Lipinski definition) is 8. The highest BCUT2D eigenvalue weighted by Gasteiger charge is 2.30. The molecular formula is C21H27N3O3S3. The molecule has 162 valence electrons. The third-order valence-electron chi connectivity index (χ3n) is 4.45. The van der Waals surface area contributed by atoms with Gasteiger partial charge in [-0.2, -0.15) is 0 Å². The number of nitrogens with zero attached hydrogens (tertiary/aromatic N) is 3. The molecule has 1 aliphatic rings. The lowest BCUT2D eigenvalue weighted by molar-refractivity contribution is 0.163. The fraction of sp³-hybridized carbons (Fsp3) is 0.381. The second kappa shape index (κ2) is 10.6. The zero-order valence-electron chi connectivity index (χ0n) is 17.6. The Hall–Kier alpha value is -1.68. The number of benzene rings is 2. The van der Waals surface area contributed by atoms with E-state index in [4.69, 9.17) is 9.84 Å². The number of carbonyl (C=O) groups is 1.